The van der Waals surface area contributed by atoms with Gasteiger partial charge in [0.25, 0.3) is 10.1 Å². The van der Waals surface area contributed by atoms with Gasteiger partial charge in [0.05, 0.1) is 4.91 Å². The molecule has 0 fully saturated rings. The summed E-state index contributed by atoms with van der Waals surface area (Å²) in [6.45, 7) is 5.34. The number of rotatable bonds is 4. The molecule has 0 spiro atoms. The zero-order valence-corrected chi connectivity index (χ0v) is 13.4. The molecule has 5 heteroatoms. The van der Waals surface area contributed by atoms with Crippen molar-refractivity contribution in [2.45, 2.75) is 19.8 Å². The molecule has 0 bridgehead atoms. The minimum atomic E-state index is -4.07. The molecule has 0 radical (unpaired) electrons. The van der Waals surface area contributed by atoms with Crippen molar-refractivity contribution in [2.75, 3.05) is 5.73 Å². The number of hydrogen-bond acceptors (Lipinski definition) is 3. The Bertz CT molecular complexity index is 671. The maximum absolute atomic E-state index is 10.6. The van der Waals surface area contributed by atoms with E-state index in [1.54, 1.807) is 0 Å². The summed E-state index contributed by atoms with van der Waals surface area (Å²) in [5.74, 6) is 0. The van der Waals surface area contributed by atoms with Crippen molar-refractivity contribution in [3.63, 3.8) is 0 Å². The number of nitrogens with two attached hydrogens (primary N) is 1. The van der Waals surface area contributed by atoms with Gasteiger partial charge < -0.3 is 5.73 Å². The highest BCUT2D eigenvalue weighted by Gasteiger charge is 2.09. The van der Waals surface area contributed by atoms with Crippen molar-refractivity contribution in [3.8, 4) is 0 Å². The molecule has 0 atom stereocenters. The van der Waals surface area contributed by atoms with Crippen molar-refractivity contribution in [2.24, 2.45) is 0 Å². The molecule has 2 aromatic rings. The van der Waals surface area contributed by atoms with E-state index in [0.717, 1.165) is 11.3 Å². The van der Waals surface area contributed by atoms with Crippen molar-refractivity contribution in [1.82, 2.24) is 0 Å². The smallest absolute Gasteiger partial charge is 0.290 e. The average Bonchev–Trinajstić information content (AvgIpc) is 2.48. The quantitative estimate of drug-likeness (QED) is 0.666. The second-order valence-electron chi connectivity index (χ2n) is 4.91. The summed E-state index contributed by atoms with van der Waals surface area (Å²) in [6, 6.07) is 17.2. The summed E-state index contributed by atoms with van der Waals surface area (Å²) in [5, 5.41) is 0. The Labute approximate surface area is 132 Å². The Hall–Kier alpha value is -2.11. The Morgan fingerprint density at radius 1 is 1.09 bits per heavy atom. The first-order chi connectivity index (χ1) is 10.3. The summed E-state index contributed by atoms with van der Waals surface area (Å²) in [6.07, 6.45) is 0.822. The van der Waals surface area contributed by atoms with Crippen LogP contribution in [0.1, 0.15) is 17.5 Å². The molecule has 4 nitrogen and oxygen atoms in total. The summed E-state index contributed by atoms with van der Waals surface area (Å²) < 4.78 is 29.9. The van der Waals surface area contributed by atoms with Crippen LogP contribution in [-0.2, 0) is 16.5 Å². The molecule has 0 saturated heterocycles. The highest BCUT2D eigenvalue weighted by Crippen LogP contribution is 2.11. The van der Waals surface area contributed by atoms with E-state index in [1.807, 2.05) is 61.5 Å². The first kappa shape index (κ1) is 17.9. The lowest BCUT2D eigenvalue weighted by molar-refractivity contribution is 0.489. The van der Waals surface area contributed by atoms with Gasteiger partial charge in [0.15, 0.2) is 0 Å². The third kappa shape index (κ3) is 7.06. The van der Waals surface area contributed by atoms with Crippen molar-refractivity contribution < 1.29 is 13.0 Å². The van der Waals surface area contributed by atoms with E-state index in [4.69, 9.17) is 10.3 Å². The van der Waals surface area contributed by atoms with Gasteiger partial charge >= 0.3 is 0 Å². The van der Waals surface area contributed by atoms with Crippen LogP contribution in [0.3, 0.4) is 0 Å². The maximum Gasteiger partial charge on any atom is 0.290 e. The molecule has 0 heterocycles. The minimum absolute atomic E-state index is 0.138. The van der Waals surface area contributed by atoms with E-state index in [2.05, 4.69) is 6.58 Å². The first-order valence-corrected chi connectivity index (χ1v) is 8.24. The van der Waals surface area contributed by atoms with E-state index in [1.165, 1.54) is 5.56 Å². The number of nitrogen functional groups attached to an aromatic ring is 1. The van der Waals surface area contributed by atoms with Gasteiger partial charge in [-0.3, -0.25) is 4.55 Å². The largest absolute Gasteiger partial charge is 0.399 e. The fraction of sp³-hybridized carbons (Fsp3) is 0.176. The lowest BCUT2D eigenvalue weighted by Crippen LogP contribution is -2.01. The van der Waals surface area contributed by atoms with Gasteiger partial charge in [-0.1, -0.05) is 54.6 Å². The molecular weight excluding hydrogens is 298 g/mol. The van der Waals surface area contributed by atoms with Crippen LogP contribution in [-0.4, -0.2) is 13.0 Å². The second kappa shape index (κ2) is 8.36. The van der Waals surface area contributed by atoms with Crippen LogP contribution in [0.5, 0.6) is 0 Å². The topological polar surface area (TPSA) is 80.4 Å². The first-order valence-electron chi connectivity index (χ1n) is 6.80. The lowest BCUT2D eigenvalue weighted by Gasteiger charge is -2.01. The summed E-state index contributed by atoms with van der Waals surface area (Å²) in [7, 11) is -4.07. The molecule has 22 heavy (non-hydrogen) atoms. The molecule has 0 aliphatic carbocycles. The minimum Gasteiger partial charge on any atom is -0.399 e. The summed E-state index contributed by atoms with van der Waals surface area (Å²) in [5.41, 5.74) is 8.53. The third-order valence-electron chi connectivity index (χ3n) is 2.98. The van der Waals surface area contributed by atoms with E-state index >= 15 is 0 Å². The van der Waals surface area contributed by atoms with Crippen LogP contribution >= 0.6 is 0 Å². The Morgan fingerprint density at radius 2 is 1.64 bits per heavy atom. The molecule has 2 rings (SSSR count). The molecule has 0 unspecified atom stereocenters. The maximum atomic E-state index is 10.6. The standard InChI is InChI=1S/C10H12O3S.C7H9N/c1-9(14(11,12)13)7-8-10-5-3-2-4-6-10;1-6-2-4-7(8)5-3-6/h2-6H,1,7-8H2,(H,11,12,13);2-5H,8H2,1H3. The van der Waals surface area contributed by atoms with Crippen molar-refractivity contribution >= 4 is 15.8 Å². The highest BCUT2D eigenvalue weighted by molar-refractivity contribution is 7.89. The zero-order valence-electron chi connectivity index (χ0n) is 12.6. The van der Waals surface area contributed by atoms with Crippen LogP contribution in [0.25, 0.3) is 0 Å². The number of benzene rings is 2. The van der Waals surface area contributed by atoms with Gasteiger partial charge in [-0.05, 0) is 37.5 Å². The van der Waals surface area contributed by atoms with Crippen molar-refractivity contribution in [3.05, 3.63) is 77.2 Å². The Balaban J connectivity index is 0.000000255. The van der Waals surface area contributed by atoms with Crippen LogP contribution in [0, 0.1) is 6.92 Å². The molecular formula is C17H21NO3S. The number of aryl methyl sites for hydroxylation is 2. The van der Waals surface area contributed by atoms with Crippen LogP contribution in [0.4, 0.5) is 5.69 Å². The Morgan fingerprint density at radius 3 is 2.09 bits per heavy atom. The molecule has 0 aliphatic heterocycles. The molecule has 2 aromatic carbocycles. The predicted octanol–water partition coefficient (Wildman–Crippen LogP) is 3.60. The fourth-order valence-corrected chi connectivity index (χ4v) is 1.98. The molecule has 0 saturated carbocycles. The SMILES string of the molecule is C=C(CCc1ccccc1)S(=O)(=O)O.Cc1ccc(N)cc1. The molecule has 0 aromatic heterocycles. The van der Waals surface area contributed by atoms with Crippen LogP contribution < -0.4 is 5.73 Å². The number of hydrogen-bond donors (Lipinski definition) is 2. The average molecular weight is 319 g/mol. The lowest BCUT2D eigenvalue weighted by atomic mass is 10.1. The highest BCUT2D eigenvalue weighted by atomic mass is 32.2. The van der Waals surface area contributed by atoms with E-state index < -0.39 is 10.1 Å². The van der Waals surface area contributed by atoms with E-state index in [9.17, 15) is 8.42 Å². The zero-order chi connectivity index (χ0) is 16.6. The van der Waals surface area contributed by atoms with Gasteiger partial charge in [-0.25, -0.2) is 0 Å². The second-order valence-corrected chi connectivity index (χ2v) is 6.44. The van der Waals surface area contributed by atoms with Gasteiger partial charge in [0.1, 0.15) is 0 Å². The fourth-order valence-electron chi connectivity index (χ4n) is 1.62. The molecule has 0 amide bonds. The predicted molar refractivity (Wildman–Crippen MR) is 91.0 cm³/mol. The third-order valence-corrected chi connectivity index (χ3v) is 3.91. The Kier molecular flexibility index (Phi) is 6.82. The van der Waals surface area contributed by atoms with Crippen LogP contribution in [0.15, 0.2) is 66.1 Å². The van der Waals surface area contributed by atoms with Gasteiger partial charge in [0, 0.05) is 5.69 Å². The number of anilines is 1. The van der Waals surface area contributed by atoms with Crippen LogP contribution in [0.2, 0.25) is 0 Å². The monoisotopic (exact) mass is 319 g/mol. The van der Waals surface area contributed by atoms with Gasteiger partial charge in [-0.2, -0.15) is 8.42 Å². The van der Waals surface area contributed by atoms with Gasteiger partial charge in [0.2, 0.25) is 0 Å². The van der Waals surface area contributed by atoms with Crippen molar-refractivity contribution in [1.29, 1.82) is 0 Å². The normalized spacial score (nSPS) is 10.5. The summed E-state index contributed by atoms with van der Waals surface area (Å²) >= 11 is 0. The molecule has 0 aliphatic rings. The van der Waals surface area contributed by atoms with Gasteiger partial charge in [-0.15, -0.1) is 0 Å². The summed E-state index contributed by atoms with van der Waals surface area (Å²) in [4.78, 5) is -0.138. The molecule has 118 valence electrons. The van der Waals surface area contributed by atoms with E-state index in [0.29, 0.717) is 6.42 Å². The molecule has 3 N–H and O–H groups in total. The number of allylic oxidation sites excluding steroid dienone is 1. The van der Waals surface area contributed by atoms with E-state index in [-0.39, 0.29) is 11.3 Å².